The van der Waals surface area contributed by atoms with Crippen LogP contribution in [0.3, 0.4) is 0 Å². The van der Waals surface area contributed by atoms with Gasteiger partial charge >= 0.3 is 21.1 Å². The molecule has 0 amide bonds. The molecule has 0 spiro atoms. The van der Waals surface area contributed by atoms with Crippen LogP contribution in [0.1, 0.15) is 60.1 Å². The van der Waals surface area contributed by atoms with Crippen molar-refractivity contribution < 1.29 is 21.1 Å². The Hall–Kier alpha value is 1.10. The molecule has 0 saturated heterocycles. The van der Waals surface area contributed by atoms with Gasteiger partial charge in [0, 0.05) is 37.2 Å². The fourth-order valence-corrected chi connectivity index (χ4v) is 5.74. The van der Waals surface area contributed by atoms with E-state index in [0.29, 0.717) is 0 Å². The second-order valence-corrected chi connectivity index (χ2v) is 11.9. The van der Waals surface area contributed by atoms with Crippen LogP contribution in [0.25, 0.3) is 0 Å². The first kappa shape index (κ1) is 42.2. The summed E-state index contributed by atoms with van der Waals surface area (Å²) in [6.07, 6.45) is 0. The average molecular weight is 910 g/mol. The van der Waals surface area contributed by atoms with Crippen molar-refractivity contribution in [3.63, 3.8) is 0 Å². The minimum absolute atomic E-state index is 0. The zero-order valence-electron chi connectivity index (χ0n) is 23.3. The topological polar surface area (TPSA) is 0 Å². The molecule has 0 aliphatic rings. The van der Waals surface area contributed by atoms with Crippen LogP contribution in [0.2, 0.25) is 0 Å². The van der Waals surface area contributed by atoms with Gasteiger partial charge in [0.1, 0.15) is 0 Å². The molecule has 0 aliphatic carbocycles. The van der Waals surface area contributed by atoms with Crippen molar-refractivity contribution in [1.29, 1.82) is 0 Å². The molecule has 34 heavy (non-hydrogen) atoms. The molecule has 0 fully saturated rings. The van der Waals surface area contributed by atoms with Crippen LogP contribution in [-0.2, 0) is 21.1 Å². The van der Waals surface area contributed by atoms with Gasteiger partial charge in [0.25, 0.3) is 0 Å². The largest absolute Gasteiger partial charge is 2.00 e. The molecule has 0 aromatic carbocycles. The number of aryl methyl sites for hydroxylation is 6. The Morgan fingerprint density at radius 1 is 0.471 bits per heavy atom. The van der Waals surface area contributed by atoms with Gasteiger partial charge < -0.3 is 14.9 Å². The van der Waals surface area contributed by atoms with E-state index in [1.807, 2.05) is 0 Å². The SMILES string of the molecule is Cc1ccpc(C)c1C.Cc1ccpc(C)c1C.Cc1pc(C)c(C)c(C)c1C.II.[CH3-].[CH3-].[W+2]. The molecular formula is C28H43I2P3W. The second-order valence-electron chi connectivity index (χ2n) is 7.83. The molecule has 0 atom stereocenters. The molecule has 0 aliphatic heterocycles. The van der Waals surface area contributed by atoms with Crippen molar-refractivity contribution in [3.8, 4) is 0 Å². The minimum Gasteiger partial charge on any atom is -0.358 e. The first-order chi connectivity index (χ1) is 14.5. The smallest absolute Gasteiger partial charge is 0.358 e. The number of hydrogen-bond donors (Lipinski definition) is 0. The zero-order valence-corrected chi connectivity index (χ0v) is 33.2. The van der Waals surface area contributed by atoms with Crippen LogP contribution in [-0.4, -0.2) is 0 Å². The molecule has 0 bridgehead atoms. The zero-order chi connectivity index (χ0) is 24.3. The molecule has 0 radical (unpaired) electrons. The maximum Gasteiger partial charge on any atom is 2.00 e. The van der Waals surface area contributed by atoms with Crippen LogP contribution in [0.4, 0.5) is 0 Å². The first-order valence-corrected chi connectivity index (χ1v) is 19.4. The fourth-order valence-electron chi connectivity index (χ4n) is 2.78. The third kappa shape index (κ3) is 14.1. The summed E-state index contributed by atoms with van der Waals surface area (Å²) in [4.78, 5) is 0. The van der Waals surface area contributed by atoms with Gasteiger partial charge in [-0.3, -0.25) is 0 Å². The molecule has 3 heterocycles. The predicted octanol–water partition coefficient (Wildman–Crippen LogP) is 12.9. The van der Waals surface area contributed by atoms with E-state index in [0.717, 1.165) is 0 Å². The fraction of sp³-hybridized carbons (Fsp3) is 0.393. The van der Waals surface area contributed by atoms with Crippen LogP contribution in [0, 0.1) is 91.0 Å². The van der Waals surface area contributed by atoms with Crippen molar-refractivity contribution in [3.05, 3.63) is 98.7 Å². The van der Waals surface area contributed by atoms with Crippen LogP contribution >= 0.6 is 61.8 Å². The maximum atomic E-state index is 2.22. The van der Waals surface area contributed by atoms with Gasteiger partial charge in [0.15, 0.2) is 0 Å². The summed E-state index contributed by atoms with van der Waals surface area (Å²) in [6.45, 7) is 24.1. The van der Waals surface area contributed by atoms with E-state index >= 15 is 0 Å². The molecule has 190 valence electrons. The summed E-state index contributed by atoms with van der Waals surface area (Å²) in [5.41, 5.74) is 10.2. The van der Waals surface area contributed by atoms with E-state index in [9.17, 15) is 0 Å². The van der Waals surface area contributed by atoms with Gasteiger partial charge in [-0.1, -0.05) is 36.7 Å². The molecule has 6 heteroatoms. The monoisotopic (exact) mass is 910 g/mol. The molecule has 0 nitrogen and oxygen atoms in total. The van der Waals surface area contributed by atoms with Gasteiger partial charge in [-0.25, -0.2) is 0 Å². The van der Waals surface area contributed by atoms with E-state index in [-0.39, 0.29) is 35.9 Å². The molecule has 0 unspecified atom stereocenters. The molecule has 3 aromatic heterocycles. The Labute approximate surface area is 255 Å². The first-order valence-electron chi connectivity index (χ1n) is 10.3. The average Bonchev–Trinajstić information content (AvgIpc) is 2.75. The van der Waals surface area contributed by atoms with Gasteiger partial charge in [-0.2, -0.15) is 0 Å². The van der Waals surface area contributed by atoms with E-state index in [4.69, 9.17) is 0 Å². The van der Waals surface area contributed by atoms with E-state index in [2.05, 4.69) is 137 Å². The van der Waals surface area contributed by atoms with Crippen molar-refractivity contribution in [1.82, 2.24) is 0 Å². The summed E-state index contributed by atoms with van der Waals surface area (Å²) in [6, 6.07) is 4.37. The Bertz CT molecular complexity index is 874. The summed E-state index contributed by atoms with van der Waals surface area (Å²) in [5.74, 6) is 4.38. The number of rotatable bonds is 0. The van der Waals surface area contributed by atoms with Gasteiger partial charge in [-0.05, 0) is 148 Å². The number of halogens is 2. The standard InChI is InChI=1S/C10H15P.2C8H11P.2CH3.I2.W/c1-6-7(2)9(4)11-10(5)8(6)3;2*1-6-4-5-9-8(3)7(6)2;;;1-2;/h1-5H3;2*4-5H,1-3H3;2*1H3;;/q;;;2*-1;;+2. The minimum atomic E-state index is 0. The Morgan fingerprint density at radius 2 is 0.765 bits per heavy atom. The summed E-state index contributed by atoms with van der Waals surface area (Å²) >= 11 is 4.24. The normalized spacial score (nSPS) is 9.09. The molecular weight excluding hydrogens is 867 g/mol. The van der Waals surface area contributed by atoms with E-state index < -0.39 is 0 Å². The molecule has 3 aromatic rings. The molecule has 0 saturated carbocycles. The van der Waals surface area contributed by atoms with Crippen LogP contribution in [0.15, 0.2) is 23.7 Å². The Balaban J connectivity index is -0.000000184. The van der Waals surface area contributed by atoms with Crippen molar-refractivity contribution in [2.45, 2.75) is 76.2 Å². The van der Waals surface area contributed by atoms with Crippen molar-refractivity contribution >= 4 is 61.8 Å². The summed E-state index contributed by atoms with van der Waals surface area (Å²) in [5, 5.41) is 5.97. The summed E-state index contributed by atoms with van der Waals surface area (Å²) in [7, 11) is 4.15. The van der Waals surface area contributed by atoms with E-state index in [1.165, 1.54) is 84.7 Å². The quantitative estimate of drug-likeness (QED) is 0.156. The molecule has 3 rings (SSSR count). The third-order valence-electron chi connectivity index (χ3n) is 6.00. The van der Waals surface area contributed by atoms with Gasteiger partial charge in [0.2, 0.25) is 0 Å². The van der Waals surface area contributed by atoms with E-state index in [1.54, 1.807) is 0 Å². The van der Waals surface area contributed by atoms with Crippen molar-refractivity contribution in [2.75, 3.05) is 0 Å². The van der Waals surface area contributed by atoms with Crippen LogP contribution in [0.5, 0.6) is 0 Å². The Morgan fingerprint density at radius 3 is 1.00 bits per heavy atom. The predicted molar refractivity (Wildman–Crippen MR) is 180 cm³/mol. The number of hydrogen-bond acceptors (Lipinski definition) is 0. The third-order valence-corrected chi connectivity index (χ3v) is 9.38. The maximum absolute atomic E-state index is 2.22. The van der Waals surface area contributed by atoms with Gasteiger partial charge in [-0.15, -0.1) is 0 Å². The summed E-state index contributed by atoms with van der Waals surface area (Å²) < 4.78 is 0. The molecule has 0 N–H and O–H groups in total. The van der Waals surface area contributed by atoms with Crippen molar-refractivity contribution in [2.24, 2.45) is 0 Å². The second kappa shape index (κ2) is 22.1. The Kier molecular flexibility index (Phi) is 27.4. The van der Waals surface area contributed by atoms with Crippen LogP contribution < -0.4 is 0 Å². The van der Waals surface area contributed by atoms with Gasteiger partial charge in [0.05, 0.1) is 0 Å².